The van der Waals surface area contributed by atoms with Gasteiger partial charge in [-0.1, -0.05) is 0 Å². The zero-order valence-electron chi connectivity index (χ0n) is 6.52. The van der Waals surface area contributed by atoms with Gasteiger partial charge in [-0.05, 0) is 12.1 Å². The van der Waals surface area contributed by atoms with Gasteiger partial charge in [0.2, 0.25) is 0 Å². The van der Waals surface area contributed by atoms with E-state index in [2.05, 4.69) is 10.2 Å². The summed E-state index contributed by atoms with van der Waals surface area (Å²) in [7, 11) is 0. The zero-order valence-corrected chi connectivity index (χ0v) is 8.23. The van der Waals surface area contributed by atoms with Gasteiger partial charge >= 0.3 is 0 Å². The Bertz CT molecular complexity index is 439. The lowest BCUT2D eigenvalue weighted by Crippen LogP contribution is -1.81. The second kappa shape index (κ2) is 3.57. The summed E-state index contributed by atoms with van der Waals surface area (Å²) in [5.41, 5.74) is 1.02. The minimum absolute atomic E-state index is 0. The largest absolute Gasteiger partial charge is 0.507 e. The van der Waals surface area contributed by atoms with Gasteiger partial charge in [0.15, 0.2) is 6.29 Å². The van der Waals surface area contributed by atoms with Crippen molar-refractivity contribution >= 4 is 34.2 Å². The fourth-order valence-corrected chi connectivity index (χ4v) is 1.15. The van der Waals surface area contributed by atoms with Crippen molar-refractivity contribution in [2.24, 2.45) is 0 Å². The first-order chi connectivity index (χ1) is 5.83. The normalized spacial score (nSPS) is 9.54. The lowest BCUT2D eigenvalue weighted by atomic mass is 10.1. The molecule has 68 valence electrons. The van der Waals surface area contributed by atoms with Crippen molar-refractivity contribution in [3.05, 3.63) is 23.9 Å². The van der Waals surface area contributed by atoms with Crippen LogP contribution in [0, 0.1) is 0 Å². The Kier molecular flexibility index (Phi) is 2.67. The van der Waals surface area contributed by atoms with Gasteiger partial charge < -0.3 is 5.11 Å². The number of nitrogens with zero attached hydrogens (tertiary/aromatic N) is 1. The van der Waals surface area contributed by atoms with Crippen LogP contribution in [0.2, 0.25) is 0 Å². The van der Waals surface area contributed by atoms with Gasteiger partial charge in [-0.25, -0.2) is 0 Å². The van der Waals surface area contributed by atoms with E-state index in [1.54, 1.807) is 6.07 Å². The van der Waals surface area contributed by atoms with Crippen LogP contribution < -0.4 is 0 Å². The number of nitrogens with one attached hydrogen (secondary N) is 1. The molecule has 5 heteroatoms. The predicted molar refractivity (Wildman–Crippen MR) is 53.5 cm³/mol. The number of phenolic OH excluding ortho intramolecular Hbond substituents is 1. The van der Waals surface area contributed by atoms with E-state index in [-0.39, 0.29) is 28.3 Å². The molecular weight excluding hydrogens is 236 g/mol. The highest BCUT2D eigenvalue weighted by Crippen LogP contribution is 2.23. The minimum Gasteiger partial charge on any atom is -0.507 e. The number of phenols is 1. The van der Waals surface area contributed by atoms with E-state index in [9.17, 15) is 9.90 Å². The van der Waals surface area contributed by atoms with Gasteiger partial charge in [-0.15, -0.1) is 17.0 Å². The van der Waals surface area contributed by atoms with Crippen LogP contribution in [0.1, 0.15) is 10.4 Å². The monoisotopic (exact) mass is 242 g/mol. The summed E-state index contributed by atoms with van der Waals surface area (Å²) >= 11 is 0. The molecule has 0 aliphatic carbocycles. The first-order valence-electron chi connectivity index (χ1n) is 3.43. The molecule has 2 aromatic rings. The van der Waals surface area contributed by atoms with Gasteiger partial charge in [0.1, 0.15) is 5.75 Å². The molecule has 0 amide bonds. The second-order valence-electron chi connectivity index (χ2n) is 2.45. The van der Waals surface area contributed by atoms with E-state index in [1.807, 2.05) is 0 Å². The number of hydrogen-bond donors (Lipinski definition) is 2. The van der Waals surface area contributed by atoms with Crippen molar-refractivity contribution in [3.8, 4) is 5.75 Å². The minimum atomic E-state index is -0.0149. The van der Waals surface area contributed by atoms with Crippen molar-refractivity contribution in [3.63, 3.8) is 0 Å². The van der Waals surface area contributed by atoms with Crippen molar-refractivity contribution in [1.82, 2.24) is 10.2 Å². The standard InChI is InChI=1S/C8H6N2O2.BrH/c11-4-6-5-3-9-10-7(5)1-2-8(6)12;/h1-4,12H,(H,9,10);1H. The molecule has 13 heavy (non-hydrogen) atoms. The number of aromatic hydroxyl groups is 1. The maximum Gasteiger partial charge on any atom is 0.154 e. The van der Waals surface area contributed by atoms with Crippen molar-refractivity contribution in [2.75, 3.05) is 0 Å². The first kappa shape index (κ1) is 9.73. The number of benzene rings is 1. The lowest BCUT2D eigenvalue weighted by Gasteiger charge is -1.96. The lowest BCUT2D eigenvalue weighted by molar-refractivity contribution is 0.112. The van der Waals surface area contributed by atoms with E-state index in [1.165, 1.54) is 12.3 Å². The Morgan fingerprint density at radius 2 is 2.23 bits per heavy atom. The number of carbonyl (C=O) groups excluding carboxylic acids is 1. The summed E-state index contributed by atoms with van der Waals surface area (Å²) in [6.07, 6.45) is 2.13. The molecule has 1 aromatic heterocycles. The van der Waals surface area contributed by atoms with Crippen LogP contribution in [0.3, 0.4) is 0 Å². The van der Waals surface area contributed by atoms with Crippen LogP contribution in [-0.2, 0) is 0 Å². The molecular formula is C8H7BrN2O2. The Balaban J connectivity index is 0.000000845. The smallest absolute Gasteiger partial charge is 0.154 e. The summed E-state index contributed by atoms with van der Waals surface area (Å²) in [6, 6.07) is 3.13. The molecule has 4 nitrogen and oxygen atoms in total. The van der Waals surface area contributed by atoms with E-state index in [4.69, 9.17) is 0 Å². The highest BCUT2D eigenvalue weighted by molar-refractivity contribution is 8.93. The van der Waals surface area contributed by atoms with E-state index in [0.29, 0.717) is 11.7 Å². The van der Waals surface area contributed by atoms with Gasteiger partial charge in [-0.2, -0.15) is 5.10 Å². The molecule has 2 rings (SSSR count). The number of rotatable bonds is 1. The summed E-state index contributed by atoms with van der Waals surface area (Å²) in [4.78, 5) is 10.5. The number of aromatic amines is 1. The van der Waals surface area contributed by atoms with Crippen LogP contribution >= 0.6 is 17.0 Å². The van der Waals surface area contributed by atoms with Crippen LogP contribution in [-0.4, -0.2) is 21.6 Å². The Hall–Kier alpha value is -1.36. The van der Waals surface area contributed by atoms with Crippen LogP contribution in [0.15, 0.2) is 18.3 Å². The van der Waals surface area contributed by atoms with Crippen LogP contribution in [0.5, 0.6) is 5.75 Å². The van der Waals surface area contributed by atoms with E-state index >= 15 is 0 Å². The molecule has 0 bridgehead atoms. The topological polar surface area (TPSA) is 66.0 Å². The number of aldehydes is 1. The number of halogens is 1. The molecule has 2 N–H and O–H groups in total. The number of aromatic nitrogens is 2. The third-order valence-electron chi connectivity index (χ3n) is 1.76. The number of fused-ring (bicyclic) bond motifs is 1. The highest BCUT2D eigenvalue weighted by Gasteiger charge is 2.06. The van der Waals surface area contributed by atoms with E-state index in [0.717, 1.165) is 5.52 Å². The van der Waals surface area contributed by atoms with Crippen LogP contribution in [0.4, 0.5) is 0 Å². The summed E-state index contributed by atoms with van der Waals surface area (Å²) in [5.74, 6) is -0.0149. The molecule has 0 fully saturated rings. The summed E-state index contributed by atoms with van der Waals surface area (Å²) in [6.45, 7) is 0. The number of H-pyrrole nitrogens is 1. The summed E-state index contributed by atoms with van der Waals surface area (Å²) in [5, 5.41) is 16.4. The molecule has 0 aliphatic rings. The number of hydrogen-bond acceptors (Lipinski definition) is 3. The molecule has 0 atom stereocenters. The van der Waals surface area contributed by atoms with Gasteiger partial charge in [-0.3, -0.25) is 9.89 Å². The second-order valence-corrected chi connectivity index (χ2v) is 2.45. The average molecular weight is 243 g/mol. The molecule has 1 aromatic carbocycles. The summed E-state index contributed by atoms with van der Waals surface area (Å²) < 4.78 is 0. The fraction of sp³-hybridized carbons (Fsp3) is 0. The Morgan fingerprint density at radius 1 is 1.46 bits per heavy atom. The molecule has 0 aliphatic heterocycles. The van der Waals surface area contributed by atoms with Crippen molar-refractivity contribution in [2.45, 2.75) is 0 Å². The number of carbonyl (C=O) groups is 1. The fourth-order valence-electron chi connectivity index (χ4n) is 1.15. The van der Waals surface area contributed by atoms with Crippen molar-refractivity contribution in [1.29, 1.82) is 0 Å². The van der Waals surface area contributed by atoms with Gasteiger partial charge in [0, 0.05) is 5.39 Å². The maximum absolute atomic E-state index is 10.5. The first-order valence-corrected chi connectivity index (χ1v) is 3.43. The SMILES string of the molecule is Br.O=Cc1c(O)ccc2[nH]ncc12. The van der Waals surface area contributed by atoms with Crippen LogP contribution in [0.25, 0.3) is 10.9 Å². The molecule has 0 unspecified atom stereocenters. The average Bonchev–Trinajstić information content (AvgIpc) is 2.52. The maximum atomic E-state index is 10.5. The quantitative estimate of drug-likeness (QED) is 0.748. The Morgan fingerprint density at radius 3 is 2.92 bits per heavy atom. The zero-order chi connectivity index (χ0) is 8.55. The predicted octanol–water partition coefficient (Wildman–Crippen LogP) is 1.66. The molecule has 1 heterocycles. The molecule has 0 spiro atoms. The molecule has 0 saturated heterocycles. The molecule has 0 radical (unpaired) electrons. The third kappa shape index (κ3) is 1.42. The van der Waals surface area contributed by atoms with E-state index < -0.39 is 0 Å². The van der Waals surface area contributed by atoms with Crippen molar-refractivity contribution < 1.29 is 9.90 Å². The molecule has 0 saturated carbocycles. The van der Waals surface area contributed by atoms with Gasteiger partial charge in [0.05, 0.1) is 17.3 Å². The Labute approximate surface area is 84.3 Å². The highest BCUT2D eigenvalue weighted by atomic mass is 79.9. The third-order valence-corrected chi connectivity index (χ3v) is 1.76. The van der Waals surface area contributed by atoms with Gasteiger partial charge in [0.25, 0.3) is 0 Å².